The fourth-order valence-corrected chi connectivity index (χ4v) is 3.59. The van der Waals surface area contributed by atoms with E-state index in [4.69, 9.17) is 4.74 Å². The molecule has 0 aromatic rings. The topological polar surface area (TPSA) is 148 Å². The van der Waals surface area contributed by atoms with Gasteiger partial charge in [0, 0.05) is 6.54 Å². The van der Waals surface area contributed by atoms with Gasteiger partial charge in [0.1, 0.15) is 31.1 Å². The molecule has 5 atom stereocenters. The molecule has 11 heteroatoms. The lowest BCUT2D eigenvalue weighted by atomic mass is 9.93. The van der Waals surface area contributed by atoms with Crippen LogP contribution in [0.5, 0.6) is 0 Å². The third-order valence-corrected chi connectivity index (χ3v) is 4.90. The van der Waals surface area contributed by atoms with Gasteiger partial charge in [-0.05, 0) is 6.42 Å². The number of nitrogens with zero attached hydrogens (tertiary/aromatic N) is 1. The smallest absolute Gasteiger partial charge is 0.411 e. The zero-order valence-electron chi connectivity index (χ0n) is 12.0. The molecule has 0 saturated carbocycles. The van der Waals surface area contributed by atoms with Crippen LogP contribution in [0.3, 0.4) is 0 Å². The standard InChI is InChI=1S/C11H21N3O7S/c1-2-3-4-12-22(19,20)13-10-9(17)8(16)7(15)6-5-21-11(18)14(6)10/h6-10,12-13,15-17H,2-5H2,1H3/t6?,7-,8+,9?,10+/m1/s1. The van der Waals surface area contributed by atoms with E-state index < -0.39 is 46.8 Å². The lowest BCUT2D eigenvalue weighted by Crippen LogP contribution is -2.70. The summed E-state index contributed by atoms with van der Waals surface area (Å²) in [6, 6.07) is -0.922. The fraction of sp³-hybridized carbons (Fsp3) is 0.909. The maximum Gasteiger partial charge on any atom is 0.411 e. The highest BCUT2D eigenvalue weighted by atomic mass is 32.2. The summed E-state index contributed by atoms with van der Waals surface area (Å²) in [6.45, 7) is 1.91. The summed E-state index contributed by atoms with van der Waals surface area (Å²) in [5, 5.41) is 29.7. The second kappa shape index (κ2) is 6.64. The third-order valence-electron chi connectivity index (χ3n) is 3.76. The molecule has 0 spiro atoms. The molecule has 22 heavy (non-hydrogen) atoms. The number of amides is 1. The Hall–Kier alpha value is -0.980. The molecule has 2 heterocycles. The maximum atomic E-state index is 11.9. The molecular formula is C11H21N3O7S. The number of aliphatic hydroxyl groups excluding tert-OH is 3. The Morgan fingerprint density at radius 1 is 1.27 bits per heavy atom. The first-order valence-electron chi connectivity index (χ1n) is 7.04. The van der Waals surface area contributed by atoms with Crippen LogP contribution in [0.25, 0.3) is 0 Å². The average molecular weight is 339 g/mol. The van der Waals surface area contributed by atoms with Gasteiger partial charge in [-0.2, -0.15) is 13.1 Å². The minimum absolute atomic E-state index is 0.189. The van der Waals surface area contributed by atoms with E-state index in [1.807, 2.05) is 6.92 Å². The van der Waals surface area contributed by atoms with Crippen LogP contribution in [0.2, 0.25) is 0 Å². The molecule has 2 saturated heterocycles. The first-order valence-corrected chi connectivity index (χ1v) is 8.53. The van der Waals surface area contributed by atoms with Gasteiger partial charge in [-0.1, -0.05) is 13.3 Å². The Bertz CT molecular complexity index is 514. The van der Waals surface area contributed by atoms with E-state index in [-0.39, 0.29) is 13.2 Å². The minimum atomic E-state index is -3.99. The highest BCUT2D eigenvalue weighted by Crippen LogP contribution is 2.28. The van der Waals surface area contributed by atoms with Gasteiger partial charge in [0.2, 0.25) is 0 Å². The number of hydrogen-bond donors (Lipinski definition) is 5. The summed E-state index contributed by atoms with van der Waals surface area (Å²) >= 11 is 0. The fourth-order valence-electron chi connectivity index (χ4n) is 2.52. The first-order chi connectivity index (χ1) is 10.3. The van der Waals surface area contributed by atoms with Crippen LogP contribution in [0.1, 0.15) is 19.8 Å². The van der Waals surface area contributed by atoms with Crippen molar-refractivity contribution in [1.82, 2.24) is 14.3 Å². The van der Waals surface area contributed by atoms with E-state index in [1.165, 1.54) is 0 Å². The van der Waals surface area contributed by atoms with Crippen LogP contribution in [0.15, 0.2) is 0 Å². The van der Waals surface area contributed by atoms with Crippen LogP contribution in [-0.4, -0.2) is 78.4 Å². The van der Waals surface area contributed by atoms with Crippen molar-refractivity contribution in [3.05, 3.63) is 0 Å². The molecule has 128 valence electrons. The summed E-state index contributed by atoms with van der Waals surface area (Å²) in [6.07, 6.45) is -5.56. The van der Waals surface area contributed by atoms with Crippen LogP contribution >= 0.6 is 0 Å². The molecule has 2 unspecified atom stereocenters. The largest absolute Gasteiger partial charge is 0.447 e. The lowest BCUT2D eigenvalue weighted by Gasteiger charge is -2.43. The number of fused-ring (bicyclic) bond motifs is 1. The summed E-state index contributed by atoms with van der Waals surface area (Å²) in [7, 11) is -3.99. The molecule has 2 aliphatic heterocycles. The molecule has 0 radical (unpaired) electrons. The summed E-state index contributed by atoms with van der Waals surface area (Å²) in [4.78, 5) is 12.6. The number of rotatable bonds is 6. The van der Waals surface area contributed by atoms with Gasteiger partial charge in [-0.3, -0.25) is 4.90 Å². The Balaban J connectivity index is 2.15. The van der Waals surface area contributed by atoms with E-state index >= 15 is 0 Å². The molecule has 2 fully saturated rings. The molecule has 2 rings (SSSR count). The normalized spacial score (nSPS) is 35.4. The van der Waals surface area contributed by atoms with Gasteiger partial charge in [0.15, 0.2) is 0 Å². The number of ether oxygens (including phenoxy) is 1. The summed E-state index contributed by atoms with van der Waals surface area (Å²) < 4.78 is 33.0. The minimum Gasteiger partial charge on any atom is -0.447 e. The second-order valence-electron chi connectivity index (χ2n) is 5.34. The van der Waals surface area contributed by atoms with E-state index in [0.29, 0.717) is 6.42 Å². The van der Waals surface area contributed by atoms with Gasteiger partial charge in [-0.25, -0.2) is 9.52 Å². The number of piperidine rings is 1. The Morgan fingerprint density at radius 2 is 1.95 bits per heavy atom. The number of carbonyl (C=O) groups is 1. The van der Waals surface area contributed by atoms with Crippen LogP contribution in [0.4, 0.5) is 4.79 Å². The molecule has 0 aromatic carbocycles. The second-order valence-corrected chi connectivity index (χ2v) is 6.87. The number of carbonyl (C=O) groups excluding carboxylic acids is 1. The molecule has 5 N–H and O–H groups in total. The number of nitrogens with one attached hydrogen (secondary N) is 2. The van der Waals surface area contributed by atoms with Crippen molar-refractivity contribution < 1.29 is 33.3 Å². The van der Waals surface area contributed by atoms with E-state index in [9.17, 15) is 28.5 Å². The van der Waals surface area contributed by atoms with Gasteiger partial charge in [0.25, 0.3) is 10.2 Å². The first kappa shape index (κ1) is 17.4. The van der Waals surface area contributed by atoms with Gasteiger partial charge < -0.3 is 20.1 Å². The molecular weight excluding hydrogens is 318 g/mol. The van der Waals surface area contributed by atoms with Crippen molar-refractivity contribution >= 4 is 16.3 Å². The van der Waals surface area contributed by atoms with Crippen LogP contribution in [-0.2, 0) is 14.9 Å². The summed E-state index contributed by atoms with van der Waals surface area (Å²) in [5.74, 6) is 0. The molecule has 2 aliphatic rings. The van der Waals surface area contributed by atoms with Crippen LogP contribution < -0.4 is 9.44 Å². The summed E-state index contributed by atoms with van der Waals surface area (Å²) in [5.41, 5.74) is 0. The Labute approximate surface area is 128 Å². The third kappa shape index (κ3) is 3.34. The lowest BCUT2D eigenvalue weighted by molar-refractivity contribution is -0.144. The van der Waals surface area contributed by atoms with Crippen LogP contribution in [0, 0.1) is 0 Å². The zero-order chi connectivity index (χ0) is 16.5. The van der Waals surface area contributed by atoms with E-state index in [2.05, 4.69) is 9.44 Å². The molecule has 10 nitrogen and oxygen atoms in total. The number of cyclic esters (lactones) is 1. The number of aliphatic hydroxyl groups is 3. The molecule has 1 amide bonds. The SMILES string of the molecule is CCCCNS(=O)(=O)N[C@@H]1C(O)[C@@H](O)[C@H](O)C2COC(=O)N21. The number of unbranched alkanes of at least 4 members (excludes halogenated alkanes) is 1. The quantitative estimate of drug-likeness (QED) is 0.335. The predicted octanol–water partition coefficient (Wildman–Crippen LogP) is -2.55. The highest BCUT2D eigenvalue weighted by molar-refractivity contribution is 7.87. The molecule has 0 bridgehead atoms. The van der Waals surface area contributed by atoms with Crippen molar-refractivity contribution in [3.63, 3.8) is 0 Å². The maximum absolute atomic E-state index is 11.9. The van der Waals surface area contributed by atoms with Crippen molar-refractivity contribution in [2.75, 3.05) is 13.2 Å². The highest BCUT2D eigenvalue weighted by Gasteiger charge is 2.54. The van der Waals surface area contributed by atoms with Gasteiger partial charge >= 0.3 is 6.09 Å². The van der Waals surface area contributed by atoms with Crippen molar-refractivity contribution in [2.45, 2.75) is 50.3 Å². The number of hydrogen-bond acceptors (Lipinski definition) is 7. The van der Waals surface area contributed by atoms with Crippen molar-refractivity contribution in [1.29, 1.82) is 0 Å². The monoisotopic (exact) mass is 339 g/mol. The Morgan fingerprint density at radius 3 is 2.59 bits per heavy atom. The van der Waals surface area contributed by atoms with Gasteiger partial charge in [0.05, 0.1) is 6.04 Å². The Kier molecular flexibility index (Phi) is 5.25. The zero-order valence-corrected chi connectivity index (χ0v) is 12.9. The predicted molar refractivity (Wildman–Crippen MR) is 73.7 cm³/mol. The molecule has 0 aliphatic carbocycles. The molecule has 0 aromatic heterocycles. The van der Waals surface area contributed by atoms with E-state index in [1.54, 1.807) is 0 Å². The van der Waals surface area contributed by atoms with Crippen molar-refractivity contribution in [3.8, 4) is 0 Å². The average Bonchev–Trinajstić information content (AvgIpc) is 2.83. The van der Waals surface area contributed by atoms with E-state index in [0.717, 1.165) is 11.3 Å². The van der Waals surface area contributed by atoms with Gasteiger partial charge in [-0.15, -0.1) is 0 Å². The van der Waals surface area contributed by atoms with Crippen molar-refractivity contribution in [2.24, 2.45) is 0 Å².